The second-order valence-corrected chi connectivity index (χ2v) is 6.19. The van der Waals surface area contributed by atoms with Crippen LogP contribution in [0.4, 0.5) is 0 Å². The standard InChI is InChI=1S/C16H31N7.HI/c1-5-15-21-20-12-23(15)10-9-18-16(17-6-2)19-11-13(3)22(4)14-7-8-14;/h12-14H,5-11H2,1-4H3,(H2,17,18,19);1H. The molecule has 1 fully saturated rings. The quantitative estimate of drug-likeness (QED) is 0.340. The molecule has 24 heavy (non-hydrogen) atoms. The summed E-state index contributed by atoms with van der Waals surface area (Å²) in [7, 11) is 2.20. The molecule has 7 nitrogen and oxygen atoms in total. The van der Waals surface area contributed by atoms with Crippen molar-refractivity contribution in [3.05, 3.63) is 12.2 Å². The molecule has 1 aromatic rings. The van der Waals surface area contributed by atoms with Crippen molar-refractivity contribution >= 4 is 29.9 Å². The molecule has 1 aliphatic rings. The average molecular weight is 449 g/mol. The van der Waals surface area contributed by atoms with Crippen LogP contribution >= 0.6 is 24.0 Å². The van der Waals surface area contributed by atoms with Crippen LogP contribution in [0.3, 0.4) is 0 Å². The topological polar surface area (TPSA) is 70.4 Å². The summed E-state index contributed by atoms with van der Waals surface area (Å²) in [6, 6.07) is 1.25. The summed E-state index contributed by atoms with van der Waals surface area (Å²) in [5.41, 5.74) is 0. The maximum absolute atomic E-state index is 4.72. The van der Waals surface area contributed by atoms with Crippen LogP contribution in [0, 0.1) is 0 Å². The van der Waals surface area contributed by atoms with Gasteiger partial charge in [-0.3, -0.25) is 9.89 Å². The third kappa shape index (κ3) is 6.54. The fourth-order valence-corrected chi connectivity index (χ4v) is 2.57. The zero-order valence-corrected chi connectivity index (χ0v) is 17.7. The van der Waals surface area contributed by atoms with Crippen molar-refractivity contribution in [2.45, 2.75) is 58.7 Å². The Hall–Kier alpha value is -0.900. The monoisotopic (exact) mass is 449 g/mol. The van der Waals surface area contributed by atoms with Crippen LogP contribution in [-0.2, 0) is 13.0 Å². The lowest BCUT2D eigenvalue weighted by molar-refractivity contribution is 0.253. The first kappa shape index (κ1) is 21.1. The molecule has 0 saturated heterocycles. The lowest BCUT2D eigenvalue weighted by Crippen LogP contribution is -2.40. The molecule has 2 N–H and O–H groups in total. The van der Waals surface area contributed by atoms with Gasteiger partial charge in [0.15, 0.2) is 5.96 Å². The normalized spacial score (nSPS) is 16.0. The molecule has 1 atom stereocenters. The Balaban J connectivity index is 0.00000288. The number of aryl methyl sites for hydroxylation is 1. The minimum Gasteiger partial charge on any atom is -0.357 e. The van der Waals surface area contributed by atoms with Crippen LogP contribution in [0.2, 0.25) is 0 Å². The van der Waals surface area contributed by atoms with E-state index in [-0.39, 0.29) is 24.0 Å². The van der Waals surface area contributed by atoms with Gasteiger partial charge in [-0.15, -0.1) is 34.2 Å². The molecule has 0 spiro atoms. The van der Waals surface area contributed by atoms with Gasteiger partial charge in [0.1, 0.15) is 12.2 Å². The van der Waals surface area contributed by atoms with Crippen LogP contribution < -0.4 is 10.6 Å². The third-order valence-corrected chi connectivity index (χ3v) is 4.33. The van der Waals surface area contributed by atoms with Crippen LogP contribution in [0.1, 0.15) is 39.4 Å². The number of hydrogen-bond acceptors (Lipinski definition) is 4. The number of halogens is 1. The van der Waals surface area contributed by atoms with Crippen molar-refractivity contribution in [1.82, 2.24) is 30.3 Å². The summed E-state index contributed by atoms with van der Waals surface area (Å²) < 4.78 is 2.08. The molecule has 1 aliphatic carbocycles. The van der Waals surface area contributed by atoms with Gasteiger partial charge in [0.05, 0.1) is 6.54 Å². The molecule has 2 rings (SSSR count). The highest BCUT2D eigenvalue weighted by atomic mass is 127. The summed E-state index contributed by atoms with van der Waals surface area (Å²) in [5, 5.41) is 14.8. The zero-order chi connectivity index (χ0) is 16.7. The SMILES string of the molecule is CCNC(=NCC(C)N(C)C1CC1)NCCn1cnnc1CC.I. The molecule has 0 amide bonds. The largest absolute Gasteiger partial charge is 0.357 e. The second-order valence-electron chi connectivity index (χ2n) is 6.19. The van der Waals surface area contributed by atoms with E-state index in [1.54, 1.807) is 6.33 Å². The Kier molecular flexibility index (Phi) is 9.57. The Morgan fingerprint density at radius 1 is 1.42 bits per heavy atom. The van der Waals surface area contributed by atoms with E-state index in [1.807, 2.05) is 0 Å². The summed E-state index contributed by atoms with van der Waals surface area (Å²) in [5.74, 6) is 1.91. The summed E-state index contributed by atoms with van der Waals surface area (Å²) in [4.78, 5) is 7.16. The number of hydrogen-bond donors (Lipinski definition) is 2. The molecule has 0 bridgehead atoms. The average Bonchev–Trinajstić information content (AvgIpc) is 3.31. The molecule has 0 aliphatic heterocycles. The fourth-order valence-electron chi connectivity index (χ4n) is 2.57. The molecule has 1 aromatic heterocycles. The molecular weight excluding hydrogens is 417 g/mol. The van der Waals surface area contributed by atoms with Gasteiger partial charge in [-0.25, -0.2) is 0 Å². The highest BCUT2D eigenvalue weighted by molar-refractivity contribution is 14.0. The number of nitrogens with zero attached hydrogens (tertiary/aromatic N) is 5. The van der Waals surface area contributed by atoms with Gasteiger partial charge in [-0.05, 0) is 33.7 Å². The van der Waals surface area contributed by atoms with Crippen LogP contribution in [0.5, 0.6) is 0 Å². The number of aromatic nitrogens is 3. The maximum Gasteiger partial charge on any atom is 0.191 e. The predicted octanol–water partition coefficient (Wildman–Crippen LogP) is 1.50. The van der Waals surface area contributed by atoms with Crippen molar-refractivity contribution in [3.63, 3.8) is 0 Å². The van der Waals surface area contributed by atoms with E-state index >= 15 is 0 Å². The summed E-state index contributed by atoms with van der Waals surface area (Å²) in [6.45, 7) is 9.77. The fraction of sp³-hybridized carbons (Fsp3) is 0.812. The zero-order valence-electron chi connectivity index (χ0n) is 15.3. The third-order valence-electron chi connectivity index (χ3n) is 4.33. The van der Waals surface area contributed by atoms with Crippen LogP contribution in [0.15, 0.2) is 11.3 Å². The number of likely N-dealkylation sites (N-methyl/N-ethyl adjacent to an activating group) is 1. The number of nitrogens with one attached hydrogen (secondary N) is 2. The Morgan fingerprint density at radius 2 is 2.17 bits per heavy atom. The van der Waals surface area contributed by atoms with E-state index in [4.69, 9.17) is 4.99 Å². The lowest BCUT2D eigenvalue weighted by Gasteiger charge is -2.23. The first-order valence-electron chi connectivity index (χ1n) is 8.76. The molecule has 0 radical (unpaired) electrons. The highest BCUT2D eigenvalue weighted by Gasteiger charge is 2.28. The van der Waals surface area contributed by atoms with Crippen LogP contribution in [0.25, 0.3) is 0 Å². The Morgan fingerprint density at radius 3 is 2.79 bits per heavy atom. The maximum atomic E-state index is 4.72. The Bertz CT molecular complexity index is 498. The van der Waals surface area contributed by atoms with Crippen molar-refractivity contribution < 1.29 is 0 Å². The Labute approximate surface area is 162 Å². The van der Waals surface area contributed by atoms with Gasteiger partial charge in [0.2, 0.25) is 0 Å². The summed E-state index contributed by atoms with van der Waals surface area (Å²) in [6.07, 6.45) is 5.36. The number of guanidine groups is 1. The first-order valence-corrected chi connectivity index (χ1v) is 8.76. The lowest BCUT2D eigenvalue weighted by atomic mass is 10.3. The minimum absolute atomic E-state index is 0. The molecule has 1 heterocycles. The van der Waals surface area contributed by atoms with E-state index in [0.717, 1.165) is 50.4 Å². The minimum atomic E-state index is 0. The van der Waals surface area contributed by atoms with Crippen LogP contribution in [-0.4, -0.2) is 64.4 Å². The predicted molar refractivity (Wildman–Crippen MR) is 109 cm³/mol. The number of aliphatic imine (C=N–C) groups is 1. The van der Waals surface area contributed by atoms with E-state index in [9.17, 15) is 0 Å². The molecule has 1 saturated carbocycles. The first-order chi connectivity index (χ1) is 11.2. The van der Waals surface area contributed by atoms with Gasteiger partial charge < -0.3 is 15.2 Å². The van der Waals surface area contributed by atoms with Crippen molar-refractivity contribution in [3.8, 4) is 0 Å². The highest BCUT2D eigenvalue weighted by Crippen LogP contribution is 2.26. The van der Waals surface area contributed by atoms with E-state index < -0.39 is 0 Å². The van der Waals surface area contributed by atoms with Gasteiger partial charge in [-0.1, -0.05) is 6.92 Å². The van der Waals surface area contributed by atoms with Gasteiger partial charge >= 0.3 is 0 Å². The van der Waals surface area contributed by atoms with Gasteiger partial charge in [0, 0.05) is 38.1 Å². The molecule has 8 heteroatoms. The molecule has 0 aromatic carbocycles. The smallest absolute Gasteiger partial charge is 0.191 e. The molecular formula is C16H32IN7. The van der Waals surface area contributed by atoms with Gasteiger partial charge in [0.25, 0.3) is 0 Å². The van der Waals surface area contributed by atoms with Crippen molar-refractivity contribution in [1.29, 1.82) is 0 Å². The van der Waals surface area contributed by atoms with Gasteiger partial charge in [-0.2, -0.15) is 0 Å². The molecule has 138 valence electrons. The van der Waals surface area contributed by atoms with Crippen molar-refractivity contribution in [2.75, 3.05) is 26.7 Å². The van der Waals surface area contributed by atoms with E-state index in [1.165, 1.54) is 12.8 Å². The number of rotatable bonds is 9. The summed E-state index contributed by atoms with van der Waals surface area (Å²) >= 11 is 0. The van der Waals surface area contributed by atoms with E-state index in [0.29, 0.717) is 6.04 Å². The van der Waals surface area contributed by atoms with Crippen molar-refractivity contribution in [2.24, 2.45) is 4.99 Å². The van der Waals surface area contributed by atoms with E-state index in [2.05, 4.69) is 58.1 Å². The molecule has 1 unspecified atom stereocenters. The second kappa shape index (κ2) is 10.9.